The smallest absolute Gasteiger partial charge is 0.137 e. The van der Waals surface area contributed by atoms with Crippen LogP contribution in [0.15, 0.2) is 22.7 Å². The SMILES string of the molecule is Fc1cc(CNCCCC2CC2)ccc1Br. The van der Waals surface area contributed by atoms with E-state index in [-0.39, 0.29) is 5.82 Å². The van der Waals surface area contributed by atoms with Crippen LogP contribution < -0.4 is 5.32 Å². The highest BCUT2D eigenvalue weighted by Gasteiger charge is 2.19. The first-order valence-corrected chi connectivity index (χ1v) is 6.69. The maximum absolute atomic E-state index is 13.2. The first-order chi connectivity index (χ1) is 7.75. The van der Waals surface area contributed by atoms with Crippen LogP contribution in [0.25, 0.3) is 0 Å². The third kappa shape index (κ3) is 3.87. The van der Waals surface area contributed by atoms with Crippen LogP contribution in [0.1, 0.15) is 31.2 Å². The van der Waals surface area contributed by atoms with Gasteiger partial charge in [0.05, 0.1) is 4.47 Å². The van der Waals surface area contributed by atoms with E-state index in [1.54, 1.807) is 12.1 Å². The highest BCUT2D eigenvalue weighted by atomic mass is 79.9. The fourth-order valence-corrected chi connectivity index (χ4v) is 2.05. The van der Waals surface area contributed by atoms with Gasteiger partial charge in [-0.1, -0.05) is 18.9 Å². The summed E-state index contributed by atoms with van der Waals surface area (Å²) in [7, 11) is 0. The van der Waals surface area contributed by atoms with Crippen molar-refractivity contribution < 1.29 is 4.39 Å². The molecule has 1 aliphatic rings. The Kier molecular flexibility index (Phi) is 4.36. The van der Waals surface area contributed by atoms with Crippen molar-refractivity contribution in [2.75, 3.05) is 6.54 Å². The highest BCUT2D eigenvalue weighted by molar-refractivity contribution is 9.10. The van der Waals surface area contributed by atoms with Gasteiger partial charge in [0.15, 0.2) is 0 Å². The lowest BCUT2D eigenvalue weighted by atomic mass is 10.2. The third-order valence-corrected chi connectivity index (χ3v) is 3.62. The maximum Gasteiger partial charge on any atom is 0.137 e. The van der Waals surface area contributed by atoms with Crippen molar-refractivity contribution in [3.05, 3.63) is 34.1 Å². The fraction of sp³-hybridized carbons (Fsp3) is 0.538. The zero-order valence-corrected chi connectivity index (χ0v) is 10.9. The van der Waals surface area contributed by atoms with E-state index >= 15 is 0 Å². The molecule has 16 heavy (non-hydrogen) atoms. The lowest BCUT2D eigenvalue weighted by Crippen LogP contribution is -2.14. The van der Waals surface area contributed by atoms with Gasteiger partial charge in [0.1, 0.15) is 5.82 Å². The molecule has 1 aromatic carbocycles. The van der Waals surface area contributed by atoms with Gasteiger partial charge in [-0.05, 0) is 58.9 Å². The standard InChI is InChI=1S/C13H17BrFN/c14-12-6-5-11(8-13(12)15)9-16-7-1-2-10-3-4-10/h5-6,8,10,16H,1-4,7,9H2. The molecular formula is C13H17BrFN. The van der Waals surface area contributed by atoms with E-state index in [4.69, 9.17) is 0 Å². The molecule has 0 radical (unpaired) electrons. The zero-order chi connectivity index (χ0) is 11.4. The summed E-state index contributed by atoms with van der Waals surface area (Å²) in [6.45, 7) is 1.79. The minimum atomic E-state index is -0.183. The first-order valence-electron chi connectivity index (χ1n) is 5.90. The summed E-state index contributed by atoms with van der Waals surface area (Å²) < 4.78 is 13.7. The lowest BCUT2D eigenvalue weighted by Gasteiger charge is -2.05. The van der Waals surface area contributed by atoms with Crippen molar-refractivity contribution in [1.29, 1.82) is 0 Å². The van der Waals surface area contributed by atoms with Crippen molar-refractivity contribution in [2.24, 2.45) is 5.92 Å². The number of benzene rings is 1. The molecule has 0 aromatic heterocycles. The summed E-state index contributed by atoms with van der Waals surface area (Å²) in [5, 5.41) is 3.35. The molecule has 1 N–H and O–H groups in total. The van der Waals surface area contributed by atoms with Crippen LogP contribution >= 0.6 is 15.9 Å². The Morgan fingerprint density at radius 3 is 2.88 bits per heavy atom. The molecule has 0 aliphatic heterocycles. The molecule has 1 nitrogen and oxygen atoms in total. The summed E-state index contributed by atoms with van der Waals surface area (Å²) in [5.41, 5.74) is 1.01. The van der Waals surface area contributed by atoms with Crippen molar-refractivity contribution in [1.82, 2.24) is 5.32 Å². The van der Waals surface area contributed by atoms with Crippen LogP contribution in [0.3, 0.4) is 0 Å². The van der Waals surface area contributed by atoms with E-state index in [9.17, 15) is 4.39 Å². The summed E-state index contributed by atoms with van der Waals surface area (Å²) in [4.78, 5) is 0. The quantitative estimate of drug-likeness (QED) is 0.783. The normalized spacial score (nSPS) is 15.4. The number of hydrogen-bond donors (Lipinski definition) is 1. The number of rotatable bonds is 6. The van der Waals surface area contributed by atoms with Gasteiger partial charge >= 0.3 is 0 Å². The number of nitrogens with one attached hydrogen (secondary N) is 1. The second-order valence-electron chi connectivity index (χ2n) is 4.51. The topological polar surface area (TPSA) is 12.0 Å². The van der Waals surface area contributed by atoms with Gasteiger partial charge in [-0.2, -0.15) is 0 Å². The second kappa shape index (κ2) is 5.78. The van der Waals surface area contributed by atoms with Crippen LogP contribution in [-0.2, 0) is 6.54 Å². The monoisotopic (exact) mass is 285 g/mol. The molecule has 2 rings (SSSR count). The van der Waals surface area contributed by atoms with E-state index in [0.717, 1.165) is 24.6 Å². The second-order valence-corrected chi connectivity index (χ2v) is 5.37. The molecular weight excluding hydrogens is 269 g/mol. The molecule has 0 unspecified atom stereocenters. The van der Waals surface area contributed by atoms with Crippen LogP contribution in [-0.4, -0.2) is 6.54 Å². The van der Waals surface area contributed by atoms with Gasteiger partial charge in [-0.25, -0.2) is 4.39 Å². The fourth-order valence-electron chi connectivity index (χ4n) is 1.80. The molecule has 0 bridgehead atoms. The number of hydrogen-bond acceptors (Lipinski definition) is 1. The van der Waals surface area contributed by atoms with Crippen LogP contribution in [0.2, 0.25) is 0 Å². The van der Waals surface area contributed by atoms with Gasteiger partial charge in [-0.3, -0.25) is 0 Å². The molecule has 0 atom stereocenters. The minimum absolute atomic E-state index is 0.183. The Bertz CT molecular complexity index is 350. The van der Waals surface area contributed by atoms with E-state index in [1.165, 1.54) is 25.7 Å². The van der Waals surface area contributed by atoms with Crippen molar-refractivity contribution in [3.8, 4) is 0 Å². The minimum Gasteiger partial charge on any atom is -0.313 e. The van der Waals surface area contributed by atoms with Crippen molar-refractivity contribution in [3.63, 3.8) is 0 Å². The summed E-state index contributed by atoms with van der Waals surface area (Å²) >= 11 is 3.15. The highest BCUT2D eigenvalue weighted by Crippen LogP contribution is 2.33. The Morgan fingerprint density at radius 1 is 1.38 bits per heavy atom. The van der Waals surface area contributed by atoms with Gasteiger partial charge in [0.2, 0.25) is 0 Å². The van der Waals surface area contributed by atoms with E-state index in [2.05, 4.69) is 21.2 Å². The molecule has 1 fully saturated rings. The van der Waals surface area contributed by atoms with Crippen LogP contribution in [0, 0.1) is 11.7 Å². The molecule has 0 saturated heterocycles. The van der Waals surface area contributed by atoms with E-state index < -0.39 is 0 Å². The van der Waals surface area contributed by atoms with E-state index in [0.29, 0.717) is 4.47 Å². The zero-order valence-electron chi connectivity index (χ0n) is 9.31. The van der Waals surface area contributed by atoms with Gasteiger partial charge in [-0.15, -0.1) is 0 Å². The molecule has 1 saturated carbocycles. The predicted octanol–water partition coefficient (Wildman–Crippen LogP) is 3.87. The lowest BCUT2D eigenvalue weighted by molar-refractivity contribution is 0.587. The van der Waals surface area contributed by atoms with Crippen molar-refractivity contribution in [2.45, 2.75) is 32.2 Å². The summed E-state index contributed by atoms with van der Waals surface area (Å²) in [6.07, 6.45) is 5.45. The Balaban J connectivity index is 1.65. The molecule has 1 aromatic rings. The molecule has 0 amide bonds. The van der Waals surface area contributed by atoms with Crippen LogP contribution in [0.5, 0.6) is 0 Å². The largest absolute Gasteiger partial charge is 0.313 e. The first kappa shape index (κ1) is 12.1. The van der Waals surface area contributed by atoms with Crippen LogP contribution in [0.4, 0.5) is 4.39 Å². The third-order valence-electron chi connectivity index (χ3n) is 2.98. The number of halogens is 2. The molecule has 88 valence electrons. The van der Waals surface area contributed by atoms with Gasteiger partial charge < -0.3 is 5.32 Å². The van der Waals surface area contributed by atoms with Gasteiger partial charge in [0.25, 0.3) is 0 Å². The Hall–Kier alpha value is -0.410. The maximum atomic E-state index is 13.2. The average Bonchev–Trinajstić information content (AvgIpc) is 3.07. The van der Waals surface area contributed by atoms with Crippen molar-refractivity contribution >= 4 is 15.9 Å². The Morgan fingerprint density at radius 2 is 2.19 bits per heavy atom. The molecule has 0 spiro atoms. The average molecular weight is 286 g/mol. The molecule has 3 heteroatoms. The molecule has 1 aliphatic carbocycles. The van der Waals surface area contributed by atoms with Gasteiger partial charge in [0, 0.05) is 6.54 Å². The summed E-state index contributed by atoms with van der Waals surface area (Å²) in [6, 6.07) is 5.29. The van der Waals surface area contributed by atoms with E-state index in [1.807, 2.05) is 6.07 Å². The predicted molar refractivity (Wildman–Crippen MR) is 67.8 cm³/mol. The summed E-state index contributed by atoms with van der Waals surface area (Å²) in [5.74, 6) is 0.823. The Labute approximate surface area is 105 Å². The molecule has 0 heterocycles.